The van der Waals surface area contributed by atoms with Gasteiger partial charge in [-0.2, -0.15) is 0 Å². The zero-order valence-corrected chi connectivity index (χ0v) is 15.2. The average molecular weight is 367 g/mol. The Balaban J connectivity index is 1.99. The molecule has 0 aliphatic carbocycles. The molecule has 0 aliphatic heterocycles. The molecule has 1 amide bonds. The van der Waals surface area contributed by atoms with E-state index < -0.39 is 0 Å². The average Bonchev–Trinajstić information content (AvgIpc) is 2.55. The summed E-state index contributed by atoms with van der Waals surface area (Å²) >= 11 is 12.0. The summed E-state index contributed by atoms with van der Waals surface area (Å²) in [5.74, 6) is -0.288. The normalized spacial score (nSPS) is 10.7. The fraction of sp³-hybridized carbons (Fsp3) is 0.294. The second-order valence-corrected chi connectivity index (χ2v) is 6.47. The van der Waals surface area contributed by atoms with Crippen LogP contribution < -0.4 is 10.6 Å². The van der Waals surface area contributed by atoms with Gasteiger partial charge in [-0.25, -0.2) is 0 Å². The number of hydrogen-bond donors (Lipinski definition) is 2. The first-order valence-electron chi connectivity index (χ1n) is 7.56. The van der Waals surface area contributed by atoms with Crippen molar-refractivity contribution in [2.75, 3.05) is 37.8 Å². The van der Waals surface area contributed by atoms with Crippen molar-refractivity contribution in [3.05, 3.63) is 52.3 Å². The van der Waals surface area contributed by atoms with Crippen molar-refractivity contribution in [1.82, 2.24) is 9.88 Å². The quantitative estimate of drug-likeness (QED) is 0.727. The maximum Gasteiger partial charge on any atom is 0.257 e. The molecule has 128 valence electrons. The number of carbonyl (C=O) groups excluding carboxylic acids is 1. The van der Waals surface area contributed by atoms with Gasteiger partial charge in [0.2, 0.25) is 0 Å². The zero-order chi connectivity index (χ0) is 17.5. The van der Waals surface area contributed by atoms with Crippen LogP contribution in [0.1, 0.15) is 16.8 Å². The van der Waals surface area contributed by atoms with Gasteiger partial charge in [0.05, 0.1) is 22.0 Å². The highest BCUT2D eigenvalue weighted by molar-refractivity contribution is 6.35. The summed E-state index contributed by atoms with van der Waals surface area (Å²) in [4.78, 5) is 18.6. The highest BCUT2D eigenvalue weighted by Gasteiger charge is 2.10. The minimum Gasteiger partial charge on any atom is -0.384 e. The van der Waals surface area contributed by atoms with Crippen LogP contribution in [0.15, 0.2) is 36.7 Å². The van der Waals surface area contributed by atoms with Gasteiger partial charge in [-0.15, -0.1) is 0 Å². The number of pyridine rings is 1. The van der Waals surface area contributed by atoms with E-state index in [-0.39, 0.29) is 5.91 Å². The van der Waals surface area contributed by atoms with E-state index in [0.717, 1.165) is 25.2 Å². The molecule has 0 saturated carbocycles. The molecular weight excluding hydrogens is 347 g/mol. The Morgan fingerprint density at radius 1 is 1.21 bits per heavy atom. The van der Waals surface area contributed by atoms with E-state index in [2.05, 4.69) is 20.5 Å². The summed E-state index contributed by atoms with van der Waals surface area (Å²) in [5.41, 5.74) is 1.72. The topological polar surface area (TPSA) is 57.3 Å². The Bertz CT molecular complexity index is 707. The van der Waals surface area contributed by atoms with Crippen molar-refractivity contribution in [2.24, 2.45) is 0 Å². The fourth-order valence-electron chi connectivity index (χ4n) is 2.08. The fourth-order valence-corrected chi connectivity index (χ4v) is 2.41. The van der Waals surface area contributed by atoms with Crippen molar-refractivity contribution in [1.29, 1.82) is 0 Å². The smallest absolute Gasteiger partial charge is 0.257 e. The van der Waals surface area contributed by atoms with E-state index in [9.17, 15) is 4.79 Å². The molecule has 0 fully saturated rings. The maximum atomic E-state index is 12.4. The second kappa shape index (κ2) is 8.87. The Morgan fingerprint density at radius 2 is 2.00 bits per heavy atom. The number of halogens is 2. The van der Waals surface area contributed by atoms with E-state index in [1.807, 2.05) is 14.1 Å². The van der Waals surface area contributed by atoms with Crippen molar-refractivity contribution < 1.29 is 4.79 Å². The van der Waals surface area contributed by atoms with Gasteiger partial charge < -0.3 is 15.5 Å². The van der Waals surface area contributed by atoms with Crippen LogP contribution in [0.4, 0.5) is 11.4 Å². The van der Waals surface area contributed by atoms with Gasteiger partial charge in [0.15, 0.2) is 0 Å². The van der Waals surface area contributed by atoms with Gasteiger partial charge in [-0.05, 0) is 51.3 Å². The zero-order valence-electron chi connectivity index (χ0n) is 13.6. The molecule has 0 bridgehead atoms. The van der Waals surface area contributed by atoms with Crippen LogP contribution in [0.3, 0.4) is 0 Å². The molecule has 2 aromatic rings. The van der Waals surface area contributed by atoms with E-state index in [1.165, 1.54) is 6.20 Å². The SMILES string of the molecule is CN(C)CCCNc1cncc(C(=O)Nc2cc(Cl)ccc2Cl)c1. The molecule has 2 N–H and O–H groups in total. The number of amides is 1. The van der Waals surface area contributed by atoms with Gasteiger partial charge in [0, 0.05) is 24.0 Å². The lowest BCUT2D eigenvalue weighted by atomic mass is 10.2. The maximum absolute atomic E-state index is 12.4. The minimum absolute atomic E-state index is 0.288. The molecule has 1 aromatic heterocycles. The van der Waals surface area contributed by atoms with Gasteiger partial charge in [0.1, 0.15) is 0 Å². The summed E-state index contributed by atoms with van der Waals surface area (Å²) in [6.45, 7) is 1.80. The number of nitrogens with one attached hydrogen (secondary N) is 2. The minimum atomic E-state index is -0.288. The third-order valence-electron chi connectivity index (χ3n) is 3.29. The molecule has 0 radical (unpaired) electrons. The van der Waals surface area contributed by atoms with E-state index >= 15 is 0 Å². The molecular formula is C17H20Cl2N4O. The Kier molecular flexibility index (Phi) is 6.85. The van der Waals surface area contributed by atoms with Gasteiger partial charge in [0.25, 0.3) is 5.91 Å². The molecule has 0 aliphatic rings. The number of carbonyl (C=O) groups is 1. The third kappa shape index (κ3) is 5.67. The molecule has 0 unspecified atom stereocenters. The number of nitrogens with zero attached hydrogens (tertiary/aromatic N) is 2. The standard InChI is InChI=1S/C17H20Cl2N4O/c1-23(2)7-3-6-21-14-8-12(10-20-11-14)17(24)22-16-9-13(18)4-5-15(16)19/h4-5,8-11,21H,3,6-7H2,1-2H3,(H,22,24). The second-order valence-electron chi connectivity index (χ2n) is 5.62. The summed E-state index contributed by atoms with van der Waals surface area (Å²) in [7, 11) is 4.07. The summed E-state index contributed by atoms with van der Waals surface area (Å²) in [5, 5.41) is 6.94. The molecule has 5 nitrogen and oxygen atoms in total. The molecule has 2 rings (SSSR count). The first-order chi connectivity index (χ1) is 11.5. The van der Waals surface area contributed by atoms with Crippen molar-refractivity contribution in [2.45, 2.75) is 6.42 Å². The number of benzene rings is 1. The molecule has 24 heavy (non-hydrogen) atoms. The number of rotatable bonds is 7. The highest BCUT2D eigenvalue weighted by atomic mass is 35.5. The predicted molar refractivity (Wildman–Crippen MR) is 100 cm³/mol. The lowest BCUT2D eigenvalue weighted by molar-refractivity contribution is 0.102. The highest BCUT2D eigenvalue weighted by Crippen LogP contribution is 2.26. The number of anilines is 2. The Hall–Kier alpha value is -1.82. The van der Waals surface area contributed by atoms with Gasteiger partial charge in [-0.3, -0.25) is 9.78 Å². The third-order valence-corrected chi connectivity index (χ3v) is 3.85. The molecule has 1 heterocycles. The molecule has 0 spiro atoms. The van der Waals surface area contributed by atoms with Gasteiger partial charge >= 0.3 is 0 Å². The van der Waals surface area contributed by atoms with Crippen LogP contribution >= 0.6 is 23.2 Å². The summed E-state index contributed by atoms with van der Waals surface area (Å²) in [6, 6.07) is 6.68. The molecule has 7 heteroatoms. The predicted octanol–water partition coefficient (Wildman–Crippen LogP) is 4.00. The lowest BCUT2D eigenvalue weighted by Crippen LogP contribution is -2.17. The first-order valence-corrected chi connectivity index (χ1v) is 8.31. The van der Waals surface area contributed by atoms with Crippen molar-refractivity contribution >= 4 is 40.5 Å². The largest absolute Gasteiger partial charge is 0.384 e. The van der Waals surface area contributed by atoms with E-state index in [4.69, 9.17) is 23.2 Å². The first kappa shape index (κ1) is 18.5. The number of aromatic nitrogens is 1. The van der Waals surface area contributed by atoms with Crippen LogP contribution in [-0.2, 0) is 0 Å². The Labute approximate surface area is 152 Å². The molecule has 0 atom stereocenters. The van der Waals surface area contributed by atoms with Crippen LogP contribution in [-0.4, -0.2) is 43.0 Å². The molecule has 0 saturated heterocycles. The monoisotopic (exact) mass is 366 g/mol. The molecule has 1 aromatic carbocycles. The van der Waals surface area contributed by atoms with Crippen LogP contribution in [0.2, 0.25) is 10.0 Å². The summed E-state index contributed by atoms with van der Waals surface area (Å²) in [6.07, 6.45) is 4.21. The van der Waals surface area contributed by atoms with E-state index in [0.29, 0.717) is 21.3 Å². The van der Waals surface area contributed by atoms with E-state index in [1.54, 1.807) is 30.5 Å². The van der Waals surface area contributed by atoms with Crippen LogP contribution in [0, 0.1) is 0 Å². The van der Waals surface area contributed by atoms with Crippen LogP contribution in [0.25, 0.3) is 0 Å². The Morgan fingerprint density at radius 3 is 2.75 bits per heavy atom. The number of hydrogen-bond acceptors (Lipinski definition) is 4. The summed E-state index contributed by atoms with van der Waals surface area (Å²) < 4.78 is 0. The van der Waals surface area contributed by atoms with Crippen molar-refractivity contribution in [3.8, 4) is 0 Å². The van der Waals surface area contributed by atoms with Gasteiger partial charge in [-0.1, -0.05) is 23.2 Å². The van der Waals surface area contributed by atoms with Crippen LogP contribution in [0.5, 0.6) is 0 Å². The lowest BCUT2D eigenvalue weighted by Gasteiger charge is -2.11. The van der Waals surface area contributed by atoms with Crippen molar-refractivity contribution in [3.63, 3.8) is 0 Å².